The van der Waals surface area contributed by atoms with Crippen molar-refractivity contribution < 1.29 is 9.32 Å². The van der Waals surface area contributed by atoms with E-state index in [1.807, 2.05) is 31.2 Å². The first kappa shape index (κ1) is 14.9. The average molecular weight is 378 g/mol. The molecule has 0 aliphatic heterocycles. The number of nitrogens with one attached hydrogen (secondary N) is 1. The van der Waals surface area contributed by atoms with Gasteiger partial charge in [-0.15, -0.1) is 11.3 Å². The van der Waals surface area contributed by atoms with Crippen LogP contribution in [0.5, 0.6) is 0 Å². The maximum atomic E-state index is 12.1. The summed E-state index contributed by atoms with van der Waals surface area (Å²) in [5.74, 6) is 0.268. The first-order valence-corrected chi connectivity index (χ1v) is 8.12. The van der Waals surface area contributed by atoms with Gasteiger partial charge in [0.25, 0.3) is 5.91 Å². The highest BCUT2D eigenvalue weighted by molar-refractivity contribution is 9.10. The lowest BCUT2D eigenvalue weighted by Crippen LogP contribution is -2.11. The number of amides is 1. The van der Waals surface area contributed by atoms with Crippen LogP contribution >= 0.6 is 27.3 Å². The zero-order chi connectivity index (χ0) is 15.7. The molecule has 2 aromatic heterocycles. The molecule has 3 aromatic rings. The number of carbonyl (C=O) groups excluding carboxylic acids is 1. The molecule has 1 amide bonds. The smallest absolute Gasteiger partial charge is 0.279 e. The molecule has 1 aromatic carbocycles. The van der Waals surface area contributed by atoms with Gasteiger partial charge >= 0.3 is 0 Å². The predicted octanol–water partition coefficient (Wildman–Crippen LogP) is 4.43. The highest BCUT2D eigenvalue weighted by Crippen LogP contribution is 2.31. The van der Waals surface area contributed by atoms with Gasteiger partial charge in [0.15, 0.2) is 10.8 Å². The molecule has 0 unspecified atom stereocenters. The number of carbonyl (C=O) groups is 1. The molecule has 0 aliphatic rings. The van der Waals surface area contributed by atoms with E-state index < -0.39 is 0 Å². The van der Waals surface area contributed by atoms with E-state index in [9.17, 15) is 4.79 Å². The Morgan fingerprint density at radius 3 is 2.64 bits per heavy atom. The van der Waals surface area contributed by atoms with Crippen molar-refractivity contribution in [2.45, 2.75) is 13.8 Å². The van der Waals surface area contributed by atoms with Crippen LogP contribution in [0.4, 0.5) is 5.13 Å². The number of halogens is 1. The number of aromatic nitrogens is 2. The summed E-state index contributed by atoms with van der Waals surface area (Å²) in [6, 6.07) is 9.48. The van der Waals surface area contributed by atoms with Crippen molar-refractivity contribution in [3.05, 3.63) is 51.1 Å². The molecule has 0 aliphatic carbocycles. The Kier molecular flexibility index (Phi) is 4.08. The van der Waals surface area contributed by atoms with Gasteiger partial charge in [-0.2, -0.15) is 0 Å². The number of rotatable bonds is 3. The third-order valence-corrected chi connectivity index (χ3v) is 4.41. The molecule has 0 radical (unpaired) electrons. The molecule has 112 valence electrons. The van der Waals surface area contributed by atoms with Gasteiger partial charge in [-0.25, -0.2) is 4.98 Å². The summed E-state index contributed by atoms with van der Waals surface area (Å²) in [6.45, 7) is 3.72. The van der Waals surface area contributed by atoms with E-state index in [2.05, 4.69) is 31.4 Å². The first-order valence-electron chi connectivity index (χ1n) is 6.51. The second kappa shape index (κ2) is 6.02. The van der Waals surface area contributed by atoms with Crippen molar-refractivity contribution in [1.29, 1.82) is 0 Å². The highest BCUT2D eigenvalue weighted by atomic mass is 79.9. The molecule has 0 saturated carbocycles. The zero-order valence-corrected chi connectivity index (χ0v) is 14.3. The van der Waals surface area contributed by atoms with Crippen molar-refractivity contribution in [1.82, 2.24) is 10.1 Å². The Hall–Kier alpha value is -1.99. The zero-order valence-electron chi connectivity index (χ0n) is 11.9. The fraction of sp³-hybridized carbons (Fsp3) is 0.133. The predicted molar refractivity (Wildman–Crippen MR) is 89.2 cm³/mol. The van der Waals surface area contributed by atoms with Gasteiger partial charge in [0.05, 0.1) is 5.69 Å². The molecule has 22 heavy (non-hydrogen) atoms. The van der Waals surface area contributed by atoms with Crippen molar-refractivity contribution in [3.63, 3.8) is 0 Å². The molecule has 0 atom stereocenters. The topological polar surface area (TPSA) is 68.0 Å². The van der Waals surface area contributed by atoms with Crippen LogP contribution in [0.25, 0.3) is 11.3 Å². The molecule has 0 saturated heterocycles. The van der Waals surface area contributed by atoms with E-state index in [0.29, 0.717) is 10.9 Å². The summed E-state index contributed by atoms with van der Waals surface area (Å²) in [4.78, 5) is 17.6. The van der Waals surface area contributed by atoms with Crippen LogP contribution in [0.3, 0.4) is 0 Å². The van der Waals surface area contributed by atoms with Gasteiger partial charge in [-0.1, -0.05) is 33.2 Å². The van der Waals surface area contributed by atoms with Gasteiger partial charge < -0.3 is 4.52 Å². The third-order valence-electron chi connectivity index (χ3n) is 3.00. The van der Waals surface area contributed by atoms with Crippen LogP contribution in [0.2, 0.25) is 0 Å². The van der Waals surface area contributed by atoms with Gasteiger partial charge in [0, 0.05) is 21.0 Å². The molecule has 2 heterocycles. The fourth-order valence-corrected chi connectivity index (χ4v) is 3.06. The molecule has 1 N–H and O–H groups in total. The molecule has 0 bridgehead atoms. The first-order chi connectivity index (χ1) is 10.5. The summed E-state index contributed by atoms with van der Waals surface area (Å²) in [7, 11) is 0. The number of hydrogen-bond donors (Lipinski definition) is 1. The normalized spacial score (nSPS) is 10.7. The molecular formula is C15H12BrN3O2S. The van der Waals surface area contributed by atoms with Crippen LogP contribution in [0.1, 0.15) is 21.1 Å². The minimum Gasteiger partial charge on any atom is -0.361 e. The lowest BCUT2D eigenvalue weighted by Gasteiger charge is -1.99. The van der Waals surface area contributed by atoms with Crippen LogP contribution in [0.15, 0.2) is 39.3 Å². The quantitative estimate of drug-likeness (QED) is 0.732. The van der Waals surface area contributed by atoms with E-state index in [-0.39, 0.29) is 11.6 Å². The Bertz CT molecular complexity index is 824. The molecular weight excluding hydrogens is 366 g/mol. The molecule has 0 spiro atoms. The van der Waals surface area contributed by atoms with Crippen molar-refractivity contribution in [3.8, 4) is 11.3 Å². The van der Waals surface area contributed by atoms with Crippen LogP contribution in [0, 0.1) is 13.8 Å². The minimum atomic E-state index is -0.326. The maximum Gasteiger partial charge on any atom is 0.279 e. The van der Waals surface area contributed by atoms with Crippen molar-refractivity contribution in [2.24, 2.45) is 0 Å². The standard InChI is InChI=1S/C15H12BrN3O2S/c1-8-7-12(19-21-8)14(20)18-15-17-13(9(2)22-15)10-3-5-11(16)6-4-10/h3-7H,1-2H3,(H,17,18,20). The molecule has 5 nitrogen and oxygen atoms in total. The monoisotopic (exact) mass is 377 g/mol. The van der Waals surface area contributed by atoms with E-state index in [1.165, 1.54) is 11.3 Å². The SMILES string of the molecule is Cc1cc(C(=O)Nc2nc(-c3ccc(Br)cc3)c(C)s2)no1. The Morgan fingerprint density at radius 1 is 1.27 bits per heavy atom. The van der Waals surface area contributed by atoms with Crippen molar-refractivity contribution in [2.75, 3.05) is 5.32 Å². The number of thiazole rings is 1. The number of anilines is 1. The largest absolute Gasteiger partial charge is 0.361 e. The van der Waals surface area contributed by atoms with Crippen LogP contribution in [-0.4, -0.2) is 16.0 Å². The summed E-state index contributed by atoms with van der Waals surface area (Å²) in [5.41, 5.74) is 2.12. The van der Waals surface area contributed by atoms with Gasteiger partial charge in [0.1, 0.15) is 5.76 Å². The second-order valence-electron chi connectivity index (χ2n) is 4.71. The Morgan fingerprint density at radius 2 is 2.00 bits per heavy atom. The summed E-state index contributed by atoms with van der Waals surface area (Å²) >= 11 is 4.84. The second-order valence-corrected chi connectivity index (χ2v) is 6.83. The van der Waals surface area contributed by atoms with E-state index in [0.717, 1.165) is 20.6 Å². The van der Waals surface area contributed by atoms with E-state index >= 15 is 0 Å². The average Bonchev–Trinajstić information content (AvgIpc) is 3.06. The Balaban J connectivity index is 1.83. The molecule has 7 heteroatoms. The number of benzene rings is 1. The van der Waals surface area contributed by atoms with Crippen molar-refractivity contribution >= 4 is 38.3 Å². The van der Waals surface area contributed by atoms with Crippen LogP contribution < -0.4 is 5.32 Å². The molecule has 3 rings (SSSR count). The number of nitrogens with zero attached hydrogens (tertiary/aromatic N) is 2. The number of hydrogen-bond acceptors (Lipinski definition) is 5. The van der Waals surface area contributed by atoms with Gasteiger partial charge in [0.2, 0.25) is 0 Å². The van der Waals surface area contributed by atoms with E-state index in [1.54, 1.807) is 13.0 Å². The maximum absolute atomic E-state index is 12.1. The van der Waals surface area contributed by atoms with Crippen LogP contribution in [-0.2, 0) is 0 Å². The Labute approximate surface area is 139 Å². The minimum absolute atomic E-state index is 0.246. The summed E-state index contributed by atoms with van der Waals surface area (Å²) in [5, 5.41) is 6.99. The third kappa shape index (κ3) is 3.10. The summed E-state index contributed by atoms with van der Waals surface area (Å²) < 4.78 is 5.91. The fourth-order valence-electron chi connectivity index (χ4n) is 1.96. The lowest BCUT2D eigenvalue weighted by molar-refractivity contribution is 0.101. The number of aryl methyl sites for hydroxylation is 2. The lowest BCUT2D eigenvalue weighted by atomic mass is 10.1. The van der Waals surface area contributed by atoms with E-state index in [4.69, 9.17) is 4.52 Å². The van der Waals surface area contributed by atoms with Gasteiger partial charge in [-0.3, -0.25) is 10.1 Å². The summed E-state index contributed by atoms with van der Waals surface area (Å²) in [6.07, 6.45) is 0. The van der Waals surface area contributed by atoms with Gasteiger partial charge in [-0.05, 0) is 26.0 Å². The highest BCUT2D eigenvalue weighted by Gasteiger charge is 2.15. The molecule has 0 fully saturated rings.